The normalized spacial score (nSPS) is 10.8. The van der Waals surface area contributed by atoms with Crippen LogP contribution in [-0.2, 0) is 11.2 Å². The Labute approximate surface area is 145 Å². The number of halogens is 1. The molecule has 0 atom stereocenters. The standard InChI is InChI=1S/C18H18ClN3O2/c1-12-10-13(6-7-14(12)19)24-11-18(23)20-9-8-17-21-15-4-2-3-5-16(15)22-17/h2-7,10H,8-9,11H2,1H3,(H,20,23)(H,21,22). The lowest BCUT2D eigenvalue weighted by molar-refractivity contribution is -0.123. The van der Waals surface area contributed by atoms with E-state index < -0.39 is 0 Å². The molecule has 5 nitrogen and oxygen atoms in total. The molecule has 0 bridgehead atoms. The van der Waals surface area contributed by atoms with Crippen molar-refractivity contribution < 1.29 is 9.53 Å². The van der Waals surface area contributed by atoms with Gasteiger partial charge >= 0.3 is 0 Å². The second-order valence-electron chi connectivity index (χ2n) is 5.50. The third-order valence-corrected chi connectivity index (χ3v) is 4.05. The van der Waals surface area contributed by atoms with Crippen molar-refractivity contribution in [1.82, 2.24) is 15.3 Å². The summed E-state index contributed by atoms with van der Waals surface area (Å²) >= 11 is 5.96. The molecule has 1 aromatic heterocycles. The number of benzene rings is 2. The van der Waals surface area contributed by atoms with Crippen LogP contribution < -0.4 is 10.1 Å². The zero-order valence-corrected chi connectivity index (χ0v) is 14.1. The van der Waals surface area contributed by atoms with E-state index in [1.54, 1.807) is 12.1 Å². The summed E-state index contributed by atoms with van der Waals surface area (Å²) in [5.41, 5.74) is 2.85. The quantitative estimate of drug-likeness (QED) is 0.722. The Morgan fingerprint density at radius 3 is 2.92 bits per heavy atom. The molecule has 0 fully saturated rings. The minimum absolute atomic E-state index is 0.0266. The number of carbonyl (C=O) groups excluding carboxylic acids is 1. The number of amides is 1. The van der Waals surface area contributed by atoms with Gasteiger partial charge in [-0.3, -0.25) is 4.79 Å². The average Bonchev–Trinajstić information content (AvgIpc) is 2.98. The molecule has 6 heteroatoms. The minimum atomic E-state index is -0.168. The SMILES string of the molecule is Cc1cc(OCC(=O)NCCc2nc3ccccc3[nH]2)ccc1Cl. The Morgan fingerprint density at radius 2 is 2.12 bits per heavy atom. The Morgan fingerprint density at radius 1 is 1.29 bits per heavy atom. The zero-order valence-electron chi connectivity index (χ0n) is 13.3. The molecule has 0 saturated heterocycles. The number of aromatic amines is 1. The maximum Gasteiger partial charge on any atom is 0.257 e. The first kappa shape index (κ1) is 16.3. The van der Waals surface area contributed by atoms with Gasteiger partial charge in [0, 0.05) is 18.0 Å². The summed E-state index contributed by atoms with van der Waals surface area (Å²) in [6.45, 7) is 2.37. The molecule has 124 valence electrons. The van der Waals surface area contributed by atoms with Gasteiger partial charge in [0.05, 0.1) is 11.0 Å². The minimum Gasteiger partial charge on any atom is -0.484 e. The van der Waals surface area contributed by atoms with Crippen molar-refractivity contribution in [3.63, 3.8) is 0 Å². The van der Waals surface area contributed by atoms with E-state index in [2.05, 4.69) is 15.3 Å². The van der Waals surface area contributed by atoms with Crippen LogP contribution in [0.5, 0.6) is 5.75 Å². The van der Waals surface area contributed by atoms with Crippen LogP contribution in [0.1, 0.15) is 11.4 Å². The number of para-hydroxylation sites is 2. The molecule has 0 unspecified atom stereocenters. The molecular formula is C18H18ClN3O2. The van der Waals surface area contributed by atoms with Gasteiger partial charge in [0.1, 0.15) is 11.6 Å². The van der Waals surface area contributed by atoms with E-state index in [0.29, 0.717) is 23.7 Å². The van der Waals surface area contributed by atoms with E-state index in [-0.39, 0.29) is 12.5 Å². The second-order valence-corrected chi connectivity index (χ2v) is 5.91. The van der Waals surface area contributed by atoms with Crippen LogP contribution in [0, 0.1) is 6.92 Å². The van der Waals surface area contributed by atoms with Crippen molar-refractivity contribution in [2.45, 2.75) is 13.3 Å². The fraction of sp³-hybridized carbons (Fsp3) is 0.222. The second kappa shape index (κ2) is 7.36. The van der Waals surface area contributed by atoms with Crippen molar-refractivity contribution in [3.05, 3.63) is 58.9 Å². The lowest BCUT2D eigenvalue weighted by atomic mass is 10.2. The molecule has 0 radical (unpaired) electrons. The molecular weight excluding hydrogens is 326 g/mol. The predicted octanol–water partition coefficient (Wildman–Crippen LogP) is 3.26. The largest absolute Gasteiger partial charge is 0.484 e. The maximum absolute atomic E-state index is 11.8. The van der Waals surface area contributed by atoms with Crippen molar-refractivity contribution in [1.29, 1.82) is 0 Å². The van der Waals surface area contributed by atoms with E-state index in [1.165, 1.54) is 0 Å². The first-order chi connectivity index (χ1) is 11.6. The fourth-order valence-electron chi connectivity index (χ4n) is 2.35. The summed E-state index contributed by atoms with van der Waals surface area (Å²) in [7, 11) is 0. The molecule has 3 aromatic rings. The van der Waals surface area contributed by atoms with E-state index in [0.717, 1.165) is 22.4 Å². The van der Waals surface area contributed by atoms with Gasteiger partial charge in [-0.1, -0.05) is 23.7 Å². The van der Waals surface area contributed by atoms with Crippen LogP contribution in [0.3, 0.4) is 0 Å². The molecule has 1 heterocycles. The first-order valence-corrected chi connectivity index (χ1v) is 8.09. The molecule has 0 aliphatic heterocycles. The number of fused-ring (bicyclic) bond motifs is 1. The monoisotopic (exact) mass is 343 g/mol. The van der Waals surface area contributed by atoms with E-state index >= 15 is 0 Å². The summed E-state index contributed by atoms with van der Waals surface area (Å²) in [5, 5.41) is 3.50. The average molecular weight is 344 g/mol. The summed E-state index contributed by atoms with van der Waals surface area (Å²) in [6, 6.07) is 13.2. The van der Waals surface area contributed by atoms with Crippen molar-refractivity contribution in [3.8, 4) is 5.75 Å². The number of rotatable bonds is 6. The highest BCUT2D eigenvalue weighted by atomic mass is 35.5. The molecule has 0 saturated carbocycles. The predicted molar refractivity (Wildman–Crippen MR) is 94.5 cm³/mol. The highest BCUT2D eigenvalue weighted by Crippen LogP contribution is 2.20. The number of ether oxygens (including phenoxy) is 1. The molecule has 2 N–H and O–H groups in total. The number of imidazole rings is 1. The number of nitrogens with one attached hydrogen (secondary N) is 2. The Bertz CT molecular complexity index is 827. The fourth-order valence-corrected chi connectivity index (χ4v) is 2.47. The summed E-state index contributed by atoms with van der Waals surface area (Å²) in [5.74, 6) is 1.31. The van der Waals surface area contributed by atoms with Gasteiger partial charge in [0.25, 0.3) is 5.91 Å². The summed E-state index contributed by atoms with van der Waals surface area (Å²) in [4.78, 5) is 19.5. The van der Waals surface area contributed by atoms with Gasteiger partial charge in [0.2, 0.25) is 0 Å². The molecule has 24 heavy (non-hydrogen) atoms. The van der Waals surface area contributed by atoms with Gasteiger partial charge in [-0.2, -0.15) is 0 Å². The number of hydrogen-bond acceptors (Lipinski definition) is 3. The van der Waals surface area contributed by atoms with E-state index in [9.17, 15) is 4.79 Å². The summed E-state index contributed by atoms with van der Waals surface area (Å²) in [6.07, 6.45) is 0.639. The van der Waals surface area contributed by atoms with Crippen molar-refractivity contribution in [2.24, 2.45) is 0 Å². The number of carbonyl (C=O) groups is 1. The van der Waals surface area contributed by atoms with Crippen LogP contribution in [0.25, 0.3) is 11.0 Å². The highest BCUT2D eigenvalue weighted by molar-refractivity contribution is 6.31. The van der Waals surface area contributed by atoms with Crippen LogP contribution in [0.4, 0.5) is 0 Å². The molecule has 2 aromatic carbocycles. The Kier molecular flexibility index (Phi) is 5.01. The summed E-state index contributed by atoms with van der Waals surface area (Å²) < 4.78 is 5.46. The molecule has 3 rings (SSSR count). The zero-order chi connectivity index (χ0) is 16.9. The van der Waals surface area contributed by atoms with E-state index in [1.807, 2.05) is 37.3 Å². The molecule has 1 amide bonds. The van der Waals surface area contributed by atoms with Crippen LogP contribution in [0.2, 0.25) is 5.02 Å². The third-order valence-electron chi connectivity index (χ3n) is 3.62. The maximum atomic E-state index is 11.8. The number of nitrogens with zero attached hydrogens (tertiary/aromatic N) is 1. The molecule has 0 aliphatic rings. The Hall–Kier alpha value is -2.53. The van der Waals surface area contributed by atoms with Crippen LogP contribution in [0.15, 0.2) is 42.5 Å². The number of H-pyrrole nitrogens is 1. The number of hydrogen-bond donors (Lipinski definition) is 2. The van der Waals surface area contributed by atoms with Crippen LogP contribution >= 0.6 is 11.6 Å². The smallest absolute Gasteiger partial charge is 0.257 e. The Balaban J connectivity index is 1.44. The van der Waals surface area contributed by atoms with Crippen LogP contribution in [-0.4, -0.2) is 29.0 Å². The number of aryl methyl sites for hydroxylation is 1. The lowest BCUT2D eigenvalue weighted by Crippen LogP contribution is -2.30. The van der Waals surface area contributed by atoms with E-state index in [4.69, 9.17) is 16.3 Å². The van der Waals surface area contributed by atoms with Crippen molar-refractivity contribution >= 4 is 28.5 Å². The van der Waals surface area contributed by atoms with Gasteiger partial charge in [-0.25, -0.2) is 4.98 Å². The van der Waals surface area contributed by atoms with Gasteiger partial charge < -0.3 is 15.0 Å². The third kappa shape index (κ3) is 4.06. The lowest BCUT2D eigenvalue weighted by Gasteiger charge is -2.08. The van der Waals surface area contributed by atoms with Crippen molar-refractivity contribution in [2.75, 3.05) is 13.2 Å². The first-order valence-electron chi connectivity index (χ1n) is 7.71. The highest BCUT2D eigenvalue weighted by Gasteiger charge is 2.06. The van der Waals surface area contributed by atoms with Gasteiger partial charge in [-0.15, -0.1) is 0 Å². The number of aromatic nitrogens is 2. The topological polar surface area (TPSA) is 67.0 Å². The molecule has 0 aliphatic carbocycles. The van der Waals surface area contributed by atoms with Gasteiger partial charge in [-0.05, 0) is 42.8 Å². The van der Waals surface area contributed by atoms with Gasteiger partial charge in [0.15, 0.2) is 6.61 Å². The molecule has 0 spiro atoms.